The minimum absolute atomic E-state index is 0.231. The first-order chi connectivity index (χ1) is 15.2. The second kappa shape index (κ2) is 7.91. The Morgan fingerprint density at radius 1 is 0.935 bits per heavy atom. The molecular weight excluding hydrogens is 386 g/mol. The van der Waals surface area contributed by atoms with Gasteiger partial charge >= 0.3 is 0 Å². The highest BCUT2D eigenvalue weighted by atomic mass is 16.1. The number of rotatable bonds is 5. The number of aromatic nitrogens is 3. The fraction of sp³-hybridized carbons (Fsp3) is 0.0800. The molecule has 152 valence electrons. The minimum atomic E-state index is -0.231. The van der Waals surface area contributed by atoms with E-state index in [-0.39, 0.29) is 5.91 Å². The molecule has 0 fully saturated rings. The lowest BCUT2D eigenvalue weighted by Gasteiger charge is -2.12. The minimum Gasteiger partial charge on any atom is -0.341 e. The smallest absolute Gasteiger partial charge is 0.257 e. The Bertz CT molecular complexity index is 1390. The van der Waals surface area contributed by atoms with E-state index >= 15 is 0 Å². The molecule has 0 bridgehead atoms. The summed E-state index contributed by atoms with van der Waals surface area (Å²) in [5, 5.41) is 8.68. The Labute approximate surface area is 179 Å². The van der Waals surface area contributed by atoms with Gasteiger partial charge in [-0.3, -0.25) is 9.78 Å². The van der Waals surface area contributed by atoms with E-state index in [0.29, 0.717) is 17.1 Å². The number of carbonyl (C=O) groups excluding carboxylic acids is 1. The molecule has 0 spiro atoms. The van der Waals surface area contributed by atoms with Crippen molar-refractivity contribution < 1.29 is 4.79 Å². The molecule has 5 rings (SSSR count). The zero-order chi connectivity index (χ0) is 21.2. The average Bonchev–Trinajstić information content (AvgIpc) is 3.14. The molecule has 0 aliphatic carbocycles. The Morgan fingerprint density at radius 2 is 1.77 bits per heavy atom. The highest BCUT2D eigenvalue weighted by Gasteiger charge is 2.12. The molecule has 6 nitrogen and oxygen atoms in total. The Hall–Kier alpha value is -4.19. The van der Waals surface area contributed by atoms with Crippen LogP contribution < -0.4 is 10.6 Å². The molecule has 0 unspecified atom stereocenters. The largest absolute Gasteiger partial charge is 0.341 e. The SMILES string of the molecule is CCn1c2ccccc2c2cc(Nc3ncccc3NC(=O)c3cccnc3)ccc21. The van der Waals surface area contributed by atoms with Crippen LogP contribution in [0, 0.1) is 0 Å². The lowest BCUT2D eigenvalue weighted by Crippen LogP contribution is -2.13. The molecule has 3 heterocycles. The van der Waals surface area contributed by atoms with Crippen molar-refractivity contribution in [1.82, 2.24) is 14.5 Å². The van der Waals surface area contributed by atoms with Crippen molar-refractivity contribution in [1.29, 1.82) is 0 Å². The van der Waals surface area contributed by atoms with Gasteiger partial charge in [-0.25, -0.2) is 4.98 Å². The number of anilines is 3. The van der Waals surface area contributed by atoms with Crippen molar-refractivity contribution in [2.24, 2.45) is 0 Å². The summed E-state index contributed by atoms with van der Waals surface area (Å²) in [6.45, 7) is 3.06. The molecule has 0 aliphatic rings. The predicted molar refractivity (Wildman–Crippen MR) is 125 cm³/mol. The monoisotopic (exact) mass is 407 g/mol. The maximum atomic E-state index is 12.6. The molecule has 3 aromatic heterocycles. The average molecular weight is 407 g/mol. The third-order valence-electron chi connectivity index (χ3n) is 5.33. The van der Waals surface area contributed by atoms with E-state index in [9.17, 15) is 4.79 Å². The van der Waals surface area contributed by atoms with Crippen LogP contribution in [0.25, 0.3) is 21.8 Å². The van der Waals surface area contributed by atoms with Crippen LogP contribution in [0.15, 0.2) is 85.3 Å². The summed E-state index contributed by atoms with van der Waals surface area (Å²) >= 11 is 0. The molecule has 1 amide bonds. The third kappa shape index (κ3) is 3.48. The number of nitrogens with one attached hydrogen (secondary N) is 2. The summed E-state index contributed by atoms with van der Waals surface area (Å²) in [5.74, 6) is 0.351. The van der Waals surface area contributed by atoms with Gasteiger partial charge in [0.25, 0.3) is 5.91 Å². The van der Waals surface area contributed by atoms with E-state index in [1.807, 2.05) is 12.1 Å². The first-order valence-electron chi connectivity index (χ1n) is 10.2. The van der Waals surface area contributed by atoms with E-state index in [2.05, 4.69) is 68.5 Å². The summed E-state index contributed by atoms with van der Waals surface area (Å²) in [6.07, 6.45) is 4.87. The van der Waals surface area contributed by atoms with Crippen molar-refractivity contribution in [3.8, 4) is 0 Å². The van der Waals surface area contributed by atoms with Gasteiger partial charge in [-0.15, -0.1) is 0 Å². The van der Waals surface area contributed by atoms with Crippen LogP contribution in [0.2, 0.25) is 0 Å². The first-order valence-corrected chi connectivity index (χ1v) is 10.2. The van der Waals surface area contributed by atoms with E-state index < -0.39 is 0 Å². The second-order valence-corrected chi connectivity index (χ2v) is 7.21. The van der Waals surface area contributed by atoms with Gasteiger partial charge in [-0.05, 0) is 55.5 Å². The highest BCUT2D eigenvalue weighted by Crippen LogP contribution is 2.32. The Morgan fingerprint density at radius 3 is 2.61 bits per heavy atom. The maximum Gasteiger partial charge on any atom is 0.257 e. The summed E-state index contributed by atoms with van der Waals surface area (Å²) in [4.78, 5) is 21.0. The van der Waals surface area contributed by atoms with E-state index in [1.165, 1.54) is 28.0 Å². The van der Waals surface area contributed by atoms with Crippen LogP contribution in [0.1, 0.15) is 17.3 Å². The van der Waals surface area contributed by atoms with E-state index in [0.717, 1.165) is 12.2 Å². The summed E-state index contributed by atoms with van der Waals surface area (Å²) in [7, 11) is 0. The van der Waals surface area contributed by atoms with Crippen LogP contribution >= 0.6 is 0 Å². The quantitative estimate of drug-likeness (QED) is 0.398. The summed E-state index contributed by atoms with van der Waals surface area (Å²) in [6, 6.07) is 21.8. The van der Waals surface area contributed by atoms with Crippen molar-refractivity contribution >= 4 is 44.9 Å². The van der Waals surface area contributed by atoms with Crippen LogP contribution in [0.3, 0.4) is 0 Å². The maximum absolute atomic E-state index is 12.6. The number of fused-ring (bicyclic) bond motifs is 3. The van der Waals surface area contributed by atoms with Gasteiger partial charge in [-0.2, -0.15) is 0 Å². The normalized spacial score (nSPS) is 11.0. The molecule has 2 N–H and O–H groups in total. The van der Waals surface area contributed by atoms with E-state index in [4.69, 9.17) is 0 Å². The van der Waals surface area contributed by atoms with Crippen LogP contribution in [0.4, 0.5) is 17.2 Å². The molecule has 5 aromatic rings. The Balaban J connectivity index is 1.49. The van der Waals surface area contributed by atoms with Crippen molar-refractivity contribution in [3.63, 3.8) is 0 Å². The van der Waals surface area contributed by atoms with Gasteiger partial charge in [0.05, 0.1) is 11.3 Å². The van der Waals surface area contributed by atoms with Gasteiger partial charge in [0.1, 0.15) is 0 Å². The number of nitrogens with zero attached hydrogens (tertiary/aromatic N) is 3. The van der Waals surface area contributed by atoms with E-state index in [1.54, 1.807) is 30.6 Å². The van der Waals surface area contributed by atoms with Gasteiger partial charge in [0, 0.05) is 52.6 Å². The number of aryl methyl sites for hydroxylation is 1. The molecule has 31 heavy (non-hydrogen) atoms. The van der Waals surface area contributed by atoms with Gasteiger partial charge in [0.2, 0.25) is 0 Å². The second-order valence-electron chi connectivity index (χ2n) is 7.21. The first kappa shape index (κ1) is 18.8. The third-order valence-corrected chi connectivity index (χ3v) is 5.33. The molecule has 6 heteroatoms. The number of para-hydroxylation sites is 1. The summed E-state index contributed by atoms with van der Waals surface area (Å²) < 4.78 is 2.31. The molecule has 0 atom stereocenters. The van der Waals surface area contributed by atoms with Crippen molar-refractivity contribution in [3.05, 3.63) is 90.9 Å². The number of amides is 1. The van der Waals surface area contributed by atoms with Crippen LogP contribution in [-0.4, -0.2) is 20.4 Å². The van der Waals surface area contributed by atoms with Gasteiger partial charge in [0.15, 0.2) is 5.82 Å². The molecule has 0 radical (unpaired) electrons. The predicted octanol–water partition coefficient (Wildman–Crippen LogP) is 5.60. The van der Waals surface area contributed by atoms with Gasteiger partial charge < -0.3 is 15.2 Å². The number of carbonyl (C=O) groups is 1. The number of hydrogen-bond acceptors (Lipinski definition) is 4. The highest BCUT2D eigenvalue weighted by molar-refractivity contribution is 6.09. The topological polar surface area (TPSA) is 71.8 Å². The molecule has 0 saturated heterocycles. The van der Waals surface area contributed by atoms with Crippen molar-refractivity contribution in [2.75, 3.05) is 10.6 Å². The van der Waals surface area contributed by atoms with Gasteiger partial charge in [-0.1, -0.05) is 18.2 Å². The fourth-order valence-electron chi connectivity index (χ4n) is 3.91. The lowest BCUT2D eigenvalue weighted by molar-refractivity contribution is 0.102. The molecule has 0 aliphatic heterocycles. The molecular formula is C25H21N5O. The zero-order valence-electron chi connectivity index (χ0n) is 17.0. The van der Waals surface area contributed by atoms with Crippen molar-refractivity contribution in [2.45, 2.75) is 13.5 Å². The number of pyridine rings is 2. The molecule has 0 saturated carbocycles. The zero-order valence-corrected chi connectivity index (χ0v) is 17.0. The Kier molecular flexibility index (Phi) is 4.80. The van der Waals surface area contributed by atoms with Crippen LogP contribution in [0.5, 0.6) is 0 Å². The molecule has 2 aromatic carbocycles. The number of hydrogen-bond donors (Lipinski definition) is 2. The lowest BCUT2D eigenvalue weighted by atomic mass is 10.1. The summed E-state index contributed by atoms with van der Waals surface area (Å²) in [5.41, 5.74) is 4.42. The number of benzene rings is 2. The fourth-order valence-corrected chi connectivity index (χ4v) is 3.91. The van der Waals surface area contributed by atoms with Crippen LogP contribution in [-0.2, 0) is 6.54 Å². The standard InChI is InChI=1S/C25H21N5O/c1-2-30-22-10-4-3-8-19(22)20-15-18(11-12-23(20)30)28-24-21(9-6-14-27-24)29-25(31)17-7-5-13-26-16-17/h3-16H,2H2,1H3,(H,27,28)(H,29,31).